The van der Waals surface area contributed by atoms with Gasteiger partial charge in [-0.1, -0.05) is 0 Å². The van der Waals surface area contributed by atoms with E-state index in [4.69, 9.17) is 5.73 Å². The highest BCUT2D eigenvalue weighted by Gasteiger charge is 2.04. The summed E-state index contributed by atoms with van der Waals surface area (Å²) in [5, 5.41) is 2.99. The minimum Gasteiger partial charge on any atom is -0.323 e. The predicted molar refractivity (Wildman–Crippen MR) is 42.1 cm³/mol. The molecule has 1 unspecified atom stereocenters. The topological polar surface area (TPSA) is 59.1 Å². The minimum absolute atomic E-state index is 0.00306. The van der Waals surface area contributed by atoms with Crippen molar-refractivity contribution in [3.05, 3.63) is 24.2 Å². The number of nitrogens with two attached hydrogens (primary N) is 1. The van der Waals surface area contributed by atoms with E-state index in [0.717, 1.165) is 11.3 Å². The molecule has 4 heteroatoms. The average Bonchev–Trinajstić information content (AvgIpc) is 2.40. The highest BCUT2D eigenvalue weighted by Crippen LogP contribution is 2.08. The number of rotatable bonds is 1. The maximum atomic E-state index is 5.65. The van der Waals surface area contributed by atoms with Gasteiger partial charge in [0.05, 0.1) is 11.9 Å². The third-order valence-electron chi connectivity index (χ3n) is 1.66. The molecule has 0 saturated heterocycles. The van der Waals surface area contributed by atoms with Gasteiger partial charge in [-0.2, -0.15) is 0 Å². The third-order valence-corrected chi connectivity index (χ3v) is 1.66. The third kappa shape index (κ3) is 0.914. The summed E-state index contributed by atoms with van der Waals surface area (Å²) < 4.78 is 1.85. The average molecular weight is 150 g/mol. The number of H-pyrrole nitrogens is 1. The molecule has 11 heavy (non-hydrogen) atoms. The van der Waals surface area contributed by atoms with Crippen molar-refractivity contribution in [1.82, 2.24) is 14.6 Å². The second kappa shape index (κ2) is 2.10. The van der Waals surface area contributed by atoms with Crippen LogP contribution in [-0.4, -0.2) is 14.6 Å². The van der Waals surface area contributed by atoms with E-state index in [9.17, 15) is 0 Å². The molecule has 0 aliphatic heterocycles. The molecule has 0 fully saturated rings. The fourth-order valence-electron chi connectivity index (χ4n) is 1.05. The lowest BCUT2D eigenvalue weighted by Gasteiger charge is -1.95. The molecule has 0 radical (unpaired) electrons. The van der Waals surface area contributed by atoms with Crippen LogP contribution in [0.5, 0.6) is 0 Å². The number of aromatic nitrogens is 3. The van der Waals surface area contributed by atoms with Crippen LogP contribution in [0.4, 0.5) is 0 Å². The first kappa shape index (κ1) is 6.42. The molecular weight excluding hydrogens is 140 g/mol. The van der Waals surface area contributed by atoms with E-state index in [0.29, 0.717) is 0 Å². The van der Waals surface area contributed by atoms with E-state index in [-0.39, 0.29) is 6.04 Å². The van der Waals surface area contributed by atoms with Gasteiger partial charge in [-0.15, -0.1) is 0 Å². The van der Waals surface area contributed by atoms with Crippen LogP contribution in [0.3, 0.4) is 0 Å². The Kier molecular flexibility index (Phi) is 1.22. The summed E-state index contributed by atoms with van der Waals surface area (Å²) in [4.78, 5) is 4.28. The number of hydrogen-bond donors (Lipinski definition) is 2. The van der Waals surface area contributed by atoms with Gasteiger partial charge in [-0.3, -0.25) is 0 Å². The fourth-order valence-corrected chi connectivity index (χ4v) is 1.05. The van der Waals surface area contributed by atoms with E-state index in [1.54, 1.807) is 0 Å². The molecule has 2 heterocycles. The Hall–Kier alpha value is -1.29. The Bertz CT molecular complexity index is 329. The number of hydrogen-bond acceptors (Lipinski definition) is 2. The first-order chi connectivity index (χ1) is 5.27. The molecule has 1 atom stereocenters. The first-order valence-corrected chi connectivity index (χ1v) is 3.55. The summed E-state index contributed by atoms with van der Waals surface area (Å²) in [6.45, 7) is 1.92. The smallest absolute Gasteiger partial charge is 0.153 e. The molecule has 0 aromatic carbocycles. The van der Waals surface area contributed by atoms with Crippen LogP contribution in [0.1, 0.15) is 18.7 Å². The molecule has 3 N–H and O–H groups in total. The van der Waals surface area contributed by atoms with Crippen molar-refractivity contribution in [3.63, 3.8) is 0 Å². The number of fused-ring (bicyclic) bond motifs is 1. The van der Waals surface area contributed by atoms with Gasteiger partial charge in [0.15, 0.2) is 5.65 Å². The summed E-state index contributed by atoms with van der Waals surface area (Å²) in [5.41, 5.74) is 7.47. The van der Waals surface area contributed by atoms with Crippen LogP contribution in [0.2, 0.25) is 0 Å². The van der Waals surface area contributed by atoms with Crippen LogP contribution in [0.25, 0.3) is 5.65 Å². The van der Waals surface area contributed by atoms with Gasteiger partial charge in [-0.05, 0) is 6.92 Å². The molecule has 58 valence electrons. The normalized spacial score (nSPS) is 14.0. The van der Waals surface area contributed by atoms with E-state index in [2.05, 4.69) is 10.1 Å². The molecule has 0 saturated carbocycles. The highest BCUT2D eigenvalue weighted by atomic mass is 15.3. The summed E-state index contributed by atoms with van der Waals surface area (Å²) in [7, 11) is 0. The number of nitrogens with one attached hydrogen (secondary N) is 1. The van der Waals surface area contributed by atoms with Gasteiger partial charge >= 0.3 is 0 Å². The Balaban J connectivity index is 2.58. The fraction of sp³-hybridized carbons (Fsp3) is 0.286. The maximum absolute atomic E-state index is 5.65. The molecule has 0 bridgehead atoms. The zero-order chi connectivity index (χ0) is 7.84. The molecule has 4 nitrogen and oxygen atoms in total. The summed E-state index contributed by atoms with van der Waals surface area (Å²) in [5.74, 6) is 0. The molecule has 0 aliphatic rings. The monoisotopic (exact) mass is 150 g/mol. The van der Waals surface area contributed by atoms with Crippen molar-refractivity contribution < 1.29 is 0 Å². The van der Waals surface area contributed by atoms with Crippen molar-refractivity contribution in [3.8, 4) is 0 Å². The van der Waals surface area contributed by atoms with E-state index in [1.807, 2.05) is 29.9 Å². The standard InChI is InChI=1S/C7H10N4/c1-5(8)6-4-11-7(10-6)2-3-9-11/h2-5,9H,8H2,1H3. The lowest BCUT2D eigenvalue weighted by molar-refractivity contribution is 0.787. The molecule has 0 aliphatic carbocycles. The highest BCUT2D eigenvalue weighted by molar-refractivity contribution is 5.38. The Morgan fingerprint density at radius 2 is 2.55 bits per heavy atom. The molecule has 0 amide bonds. The molecule has 2 rings (SSSR count). The molecular formula is C7H10N4. The van der Waals surface area contributed by atoms with Crippen molar-refractivity contribution in [2.45, 2.75) is 13.0 Å². The van der Waals surface area contributed by atoms with Crippen molar-refractivity contribution >= 4 is 5.65 Å². The molecule has 2 aromatic heterocycles. The van der Waals surface area contributed by atoms with Crippen LogP contribution >= 0.6 is 0 Å². The van der Waals surface area contributed by atoms with Gasteiger partial charge in [0.2, 0.25) is 0 Å². The summed E-state index contributed by atoms with van der Waals surface area (Å²) in [6, 6.07) is 1.91. The van der Waals surface area contributed by atoms with Gasteiger partial charge < -0.3 is 10.8 Å². The van der Waals surface area contributed by atoms with Crippen LogP contribution in [0, 0.1) is 0 Å². The van der Waals surface area contributed by atoms with Gasteiger partial charge in [0.25, 0.3) is 0 Å². The second-order valence-corrected chi connectivity index (χ2v) is 2.65. The lowest BCUT2D eigenvalue weighted by atomic mass is 10.3. The number of imidazole rings is 1. The SMILES string of the molecule is CC(N)c1cn2[nH]ccc2n1. The van der Waals surface area contributed by atoms with Crippen molar-refractivity contribution in [2.75, 3.05) is 0 Å². The summed E-state index contributed by atoms with van der Waals surface area (Å²) >= 11 is 0. The van der Waals surface area contributed by atoms with E-state index >= 15 is 0 Å². The second-order valence-electron chi connectivity index (χ2n) is 2.65. The number of nitrogens with zero attached hydrogens (tertiary/aromatic N) is 2. The zero-order valence-corrected chi connectivity index (χ0v) is 6.28. The lowest BCUT2D eigenvalue weighted by Crippen LogP contribution is -2.04. The Morgan fingerprint density at radius 1 is 1.73 bits per heavy atom. The quantitative estimate of drug-likeness (QED) is 0.628. The Morgan fingerprint density at radius 3 is 3.18 bits per heavy atom. The van der Waals surface area contributed by atoms with Gasteiger partial charge in [-0.25, -0.2) is 9.50 Å². The van der Waals surface area contributed by atoms with Crippen LogP contribution in [0.15, 0.2) is 18.5 Å². The van der Waals surface area contributed by atoms with Crippen LogP contribution in [-0.2, 0) is 0 Å². The van der Waals surface area contributed by atoms with Crippen LogP contribution < -0.4 is 5.73 Å². The van der Waals surface area contributed by atoms with E-state index < -0.39 is 0 Å². The molecule has 0 spiro atoms. The number of aromatic amines is 1. The molecule has 2 aromatic rings. The van der Waals surface area contributed by atoms with Gasteiger partial charge in [0.1, 0.15) is 0 Å². The first-order valence-electron chi connectivity index (χ1n) is 3.55. The zero-order valence-electron chi connectivity index (χ0n) is 6.28. The largest absolute Gasteiger partial charge is 0.323 e. The Labute approximate surface area is 64.0 Å². The summed E-state index contributed by atoms with van der Waals surface area (Å²) in [6.07, 6.45) is 3.74. The maximum Gasteiger partial charge on any atom is 0.153 e. The van der Waals surface area contributed by atoms with Gasteiger partial charge in [0, 0.05) is 18.3 Å². The predicted octanol–water partition coefficient (Wildman–Crippen LogP) is 0.682. The van der Waals surface area contributed by atoms with Crippen molar-refractivity contribution in [2.24, 2.45) is 5.73 Å². The van der Waals surface area contributed by atoms with Crippen molar-refractivity contribution in [1.29, 1.82) is 0 Å². The van der Waals surface area contributed by atoms with E-state index in [1.165, 1.54) is 0 Å². The minimum atomic E-state index is 0.00306.